The van der Waals surface area contributed by atoms with Gasteiger partial charge in [-0.05, 0) is 70.1 Å². The molecule has 0 saturated heterocycles. The molecule has 2 unspecified atom stereocenters. The molecular weight excluding hydrogens is 224 g/mol. The summed E-state index contributed by atoms with van der Waals surface area (Å²) in [5.74, 6) is 1.53. The summed E-state index contributed by atoms with van der Waals surface area (Å²) in [6.07, 6.45) is 10.1. The van der Waals surface area contributed by atoms with E-state index < -0.39 is 0 Å². The molecule has 18 heavy (non-hydrogen) atoms. The Kier molecular flexibility index (Phi) is 13.2. The van der Waals surface area contributed by atoms with Gasteiger partial charge in [0, 0.05) is 0 Å². The molecule has 1 fully saturated rings. The van der Waals surface area contributed by atoms with Crippen LogP contribution in [-0.2, 0) is 0 Å². The maximum Gasteiger partial charge on any atom is -0.00488 e. The normalized spacial score (nSPS) is 23.3. The zero-order chi connectivity index (χ0) is 13.6. The molecule has 1 rings (SSSR count). The molecule has 8 N–H and O–H groups in total. The second kappa shape index (κ2) is 13.3. The Bertz CT molecular complexity index is 148. The fourth-order valence-corrected chi connectivity index (χ4v) is 2.47. The molecule has 0 bridgehead atoms. The van der Waals surface area contributed by atoms with Crippen LogP contribution in [0.1, 0.15) is 51.4 Å². The second-order valence-corrected chi connectivity index (χ2v) is 5.36. The molecule has 0 amide bonds. The van der Waals surface area contributed by atoms with Gasteiger partial charge < -0.3 is 22.9 Å². The zero-order valence-electron chi connectivity index (χ0n) is 11.9. The minimum absolute atomic E-state index is 0.766. The number of unbranched alkanes of at least 4 members (excludes halogenated alkanes) is 3. The van der Waals surface area contributed by atoms with Gasteiger partial charge in [0.2, 0.25) is 0 Å². The highest BCUT2D eigenvalue weighted by atomic mass is 14.6. The molecule has 1 aliphatic rings. The highest BCUT2D eigenvalue weighted by molar-refractivity contribution is 4.73. The average molecular weight is 258 g/mol. The van der Waals surface area contributed by atoms with Crippen LogP contribution >= 0.6 is 0 Å². The van der Waals surface area contributed by atoms with E-state index in [-0.39, 0.29) is 0 Å². The highest BCUT2D eigenvalue weighted by Crippen LogP contribution is 2.27. The maximum atomic E-state index is 5.58. The van der Waals surface area contributed by atoms with E-state index in [0.29, 0.717) is 0 Å². The Balaban J connectivity index is 0.000000331. The third-order valence-electron chi connectivity index (χ3n) is 3.72. The lowest BCUT2D eigenvalue weighted by Crippen LogP contribution is -2.26. The molecule has 110 valence electrons. The van der Waals surface area contributed by atoms with Crippen LogP contribution in [0.4, 0.5) is 0 Å². The van der Waals surface area contributed by atoms with Gasteiger partial charge in [-0.25, -0.2) is 0 Å². The first kappa shape index (κ1) is 17.8. The molecule has 0 spiro atoms. The van der Waals surface area contributed by atoms with Gasteiger partial charge in [-0.1, -0.05) is 19.3 Å². The van der Waals surface area contributed by atoms with Crippen LogP contribution in [-0.4, -0.2) is 26.2 Å². The predicted octanol–water partition coefficient (Wildman–Crippen LogP) is 1.17. The Morgan fingerprint density at radius 2 is 1.11 bits per heavy atom. The Hall–Kier alpha value is -0.160. The van der Waals surface area contributed by atoms with E-state index in [4.69, 9.17) is 22.9 Å². The van der Waals surface area contributed by atoms with Crippen LogP contribution in [0.15, 0.2) is 0 Å². The van der Waals surface area contributed by atoms with Crippen molar-refractivity contribution in [3.63, 3.8) is 0 Å². The molecule has 2 atom stereocenters. The molecular formula is C14H34N4. The third-order valence-corrected chi connectivity index (χ3v) is 3.72. The smallest absolute Gasteiger partial charge is 0.00488 e. The van der Waals surface area contributed by atoms with Crippen molar-refractivity contribution in [2.75, 3.05) is 26.2 Å². The quantitative estimate of drug-likeness (QED) is 0.515. The van der Waals surface area contributed by atoms with Gasteiger partial charge in [0.15, 0.2) is 0 Å². The van der Waals surface area contributed by atoms with Crippen LogP contribution < -0.4 is 22.9 Å². The summed E-state index contributed by atoms with van der Waals surface area (Å²) in [5.41, 5.74) is 21.7. The molecule has 0 aromatic rings. The molecule has 0 radical (unpaired) electrons. The van der Waals surface area contributed by atoms with Crippen LogP contribution in [0.2, 0.25) is 0 Å². The van der Waals surface area contributed by atoms with Gasteiger partial charge in [0.25, 0.3) is 0 Å². The first-order chi connectivity index (χ1) is 8.78. The van der Waals surface area contributed by atoms with E-state index in [1.54, 1.807) is 0 Å². The molecule has 0 aliphatic heterocycles. The van der Waals surface area contributed by atoms with E-state index in [0.717, 1.165) is 50.9 Å². The van der Waals surface area contributed by atoms with E-state index in [1.165, 1.54) is 38.5 Å². The Morgan fingerprint density at radius 3 is 1.44 bits per heavy atom. The van der Waals surface area contributed by atoms with Crippen molar-refractivity contribution in [3.8, 4) is 0 Å². The van der Waals surface area contributed by atoms with E-state index in [2.05, 4.69) is 0 Å². The lowest BCUT2D eigenvalue weighted by molar-refractivity contribution is 0.277. The number of hydrogen-bond acceptors (Lipinski definition) is 4. The van der Waals surface area contributed by atoms with Crippen LogP contribution in [0.3, 0.4) is 0 Å². The number of nitrogens with two attached hydrogens (primary N) is 4. The van der Waals surface area contributed by atoms with E-state index in [1.807, 2.05) is 0 Å². The van der Waals surface area contributed by atoms with Gasteiger partial charge in [0.05, 0.1) is 0 Å². The summed E-state index contributed by atoms with van der Waals surface area (Å²) in [5, 5.41) is 0. The minimum atomic E-state index is 0.766. The molecule has 1 saturated carbocycles. The van der Waals surface area contributed by atoms with Crippen molar-refractivity contribution in [2.24, 2.45) is 34.8 Å². The fraction of sp³-hybridized carbons (Fsp3) is 1.00. The summed E-state index contributed by atoms with van der Waals surface area (Å²) in [6.45, 7) is 3.36. The van der Waals surface area contributed by atoms with E-state index in [9.17, 15) is 0 Å². The molecule has 4 heteroatoms. The lowest BCUT2D eigenvalue weighted by Gasteiger charge is -2.26. The standard InChI is InChI=1S/C8H18N2.C6H16N2/c9-5-7-2-1-3-8(4-7)6-10;7-5-3-1-2-4-6-8/h7-8H,1-6,9-10H2;1-8H2. The largest absolute Gasteiger partial charge is 0.330 e. The van der Waals surface area contributed by atoms with Crippen molar-refractivity contribution in [1.29, 1.82) is 0 Å². The van der Waals surface area contributed by atoms with Crippen molar-refractivity contribution in [1.82, 2.24) is 0 Å². The summed E-state index contributed by atoms with van der Waals surface area (Å²) >= 11 is 0. The van der Waals surface area contributed by atoms with E-state index >= 15 is 0 Å². The molecule has 1 aliphatic carbocycles. The van der Waals surface area contributed by atoms with Gasteiger partial charge in [0.1, 0.15) is 0 Å². The van der Waals surface area contributed by atoms with Crippen LogP contribution in [0, 0.1) is 11.8 Å². The van der Waals surface area contributed by atoms with Crippen LogP contribution in [0.5, 0.6) is 0 Å². The predicted molar refractivity (Wildman–Crippen MR) is 80.1 cm³/mol. The monoisotopic (exact) mass is 258 g/mol. The molecule has 0 aromatic carbocycles. The summed E-state index contributed by atoms with van der Waals surface area (Å²) in [7, 11) is 0. The summed E-state index contributed by atoms with van der Waals surface area (Å²) in [6, 6.07) is 0. The Labute approximate surface area is 113 Å². The molecule has 4 nitrogen and oxygen atoms in total. The first-order valence-corrected chi connectivity index (χ1v) is 7.58. The van der Waals surface area contributed by atoms with Gasteiger partial charge in [-0.2, -0.15) is 0 Å². The van der Waals surface area contributed by atoms with Gasteiger partial charge in [-0.3, -0.25) is 0 Å². The summed E-state index contributed by atoms with van der Waals surface area (Å²) in [4.78, 5) is 0. The number of rotatable bonds is 7. The second-order valence-electron chi connectivity index (χ2n) is 5.36. The van der Waals surface area contributed by atoms with Crippen molar-refractivity contribution in [2.45, 2.75) is 51.4 Å². The highest BCUT2D eigenvalue weighted by Gasteiger charge is 2.19. The zero-order valence-corrected chi connectivity index (χ0v) is 11.9. The third kappa shape index (κ3) is 9.83. The number of hydrogen-bond donors (Lipinski definition) is 4. The van der Waals surface area contributed by atoms with Gasteiger partial charge >= 0.3 is 0 Å². The van der Waals surface area contributed by atoms with Crippen molar-refractivity contribution in [3.05, 3.63) is 0 Å². The average Bonchev–Trinajstić information content (AvgIpc) is 2.44. The van der Waals surface area contributed by atoms with Gasteiger partial charge in [-0.15, -0.1) is 0 Å². The maximum absolute atomic E-state index is 5.58. The van der Waals surface area contributed by atoms with Crippen molar-refractivity contribution >= 4 is 0 Å². The topological polar surface area (TPSA) is 104 Å². The SMILES string of the molecule is NCC1CCCC(CN)C1.NCCCCCCN. The molecule has 0 aromatic heterocycles. The minimum Gasteiger partial charge on any atom is -0.330 e. The summed E-state index contributed by atoms with van der Waals surface area (Å²) < 4.78 is 0. The molecule has 0 heterocycles. The Morgan fingerprint density at radius 1 is 0.667 bits per heavy atom. The van der Waals surface area contributed by atoms with Crippen molar-refractivity contribution < 1.29 is 0 Å². The first-order valence-electron chi connectivity index (χ1n) is 7.58. The lowest BCUT2D eigenvalue weighted by atomic mass is 9.81. The fourth-order valence-electron chi connectivity index (χ4n) is 2.47. The van der Waals surface area contributed by atoms with Crippen LogP contribution in [0.25, 0.3) is 0 Å².